The monoisotopic (exact) mass is 503 g/mol. The molecule has 12 nitrogen and oxygen atoms in total. The van der Waals surface area contributed by atoms with Crippen molar-refractivity contribution in [1.82, 2.24) is 25.3 Å². The van der Waals surface area contributed by atoms with Crippen molar-refractivity contribution in [2.24, 2.45) is 0 Å². The number of halogens is 1. The van der Waals surface area contributed by atoms with Crippen LogP contribution in [0.3, 0.4) is 0 Å². The highest BCUT2D eigenvalue weighted by molar-refractivity contribution is 8.02. The molecule has 6 N–H and O–H groups in total. The minimum atomic E-state index is -1.71. The van der Waals surface area contributed by atoms with Crippen LogP contribution in [0.2, 0.25) is 0 Å². The maximum Gasteiger partial charge on any atom is 0.344 e. The summed E-state index contributed by atoms with van der Waals surface area (Å²) in [6.45, 7) is -0.587. The lowest BCUT2D eigenvalue weighted by Gasteiger charge is -2.44. The molecule has 32 heavy (non-hydrogen) atoms. The van der Waals surface area contributed by atoms with E-state index in [0.29, 0.717) is 11.4 Å². The molecule has 15 heteroatoms. The number of dihydropyridines is 1. The smallest absolute Gasteiger partial charge is 0.344 e. The predicted molar refractivity (Wildman–Crippen MR) is 115 cm³/mol. The summed E-state index contributed by atoms with van der Waals surface area (Å²) in [4.78, 5) is 24.0. The van der Waals surface area contributed by atoms with Crippen LogP contribution in [0, 0.1) is 0 Å². The first-order valence-electron chi connectivity index (χ1n) is 9.20. The van der Waals surface area contributed by atoms with Gasteiger partial charge in [-0.3, -0.25) is 4.79 Å². The summed E-state index contributed by atoms with van der Waals surface area (Å²) < 4.78 is 6.83. The number of aliphatic carboxylic acids is 1. The molecule has 1 saturated heterocycles. The van der Waals surface area contributed by atoms with Crippen LogP contribution in [0.15, 0.2) is 39.8 Å². The van der Waals surface area contributed by atoms with Crippen LogP contribution in [0.25, 0.3) is 11.4 Å². The predicted octanol–water partition coefficient (Wildman–Crippen LogP) is -0.571. The van der Waals surface area contributed by atoms with Crippen molar-refractivity contribution in [2.45, 2.75) is 34.7 Å². The maximum atomic E-state index is 12.0. The molecule has 0 aromatic carbocycles. The number of nitrogens with zero attached hydrogens (tertiary/aromatic N) is 3. The number of aliphatic hydroxyl groups is 3. The molecule has 0 amide bonds. The number of aromatic amines is 1. The highest BCUT2D eigenvalue weighted by Crippen LogP contribution is 2.41. The largest absolute Gasteiger partial charge is 0.479 e. The van der Waals surface area contributed by atoms with Gasteiger partial charge in [0.2, 0.25) is 4.87 Å². The second-order valence-electron chi connectivity index (χ2n) is 7.01. The van der Waals surface area contributed by atoms with E-state index in [-0.39, 0.29) is 9.91 Å². The minimum Gasteiger partial charge on any atom is -0.479 e. The number of rotatable bonds is 6. The quantitative estimate of drug-likeness (QED) is 0.296. The number of aliphatic hydroxyl groups excluding tert-OH is 3. The van der Waals surface area contributed by atoms with Gasteiger partial charge in [-0.15, -0.1) is 5.10 Å². The van der Waals surface area contributed by atoms with Gasteiger partial charge in [-0.1, -0.05) is 39.9 Å². The minimum absolute atomic E-state index is 0.279. The zero-order valence-electron chi connectivity index (χ0n) is 16.0. The van der Waals surface area contributed by atoms with Crippen LogP contribution in [0.5, 0.6) is 0 Å². The normalized spacial score (nSPS) is 32.4. The molecule has 0 radical (unpaired) electrons. The Morgan fingerprint density at radius 1 is 1.41 bits per heavy atom. The van der Waals surface area contributed by atoms with E-state index in [1.165, 1.54) is 29.2 Å². The Hall–Kier alpha value is -2.20. The summed E-state index contributed by atoms with van der Waals surface area (Å²) in [5, 5.41) is 53.6. The SMILES string of the molecule is O=C(O)C1(S[C@H]2O[C@H](CO)[C@H](O)[C@H](n3cc(-c4csc(=O)[nH]4)nn3)[C@H]2O)C=CC(Cl)=CN1. The Balaban J connectivity index is 1.63. The topological polar surface area (TPSA) is 183 Å². The summed E-state index contributed by atoms with van der Waals surface area (Å²) in [6.07, 6.45) is 1.48. The van der Waals surface area contributed by atoms with E-state index >= 15 is 0 Å². The fourth-order valence-corrected chi connectivity index (χ4v) is 5.27. The number of ether oxygens (including phenoxy) is 1. The number of allylic oxidation sites excluding steroid dienone is 2. The van der Waals surface area contributed by atoms with E-state index in [2.05, 4.69) is 20.6 Å². The van der Waals surface area contributed by atoms with Gasteiger partial charge >= 0.3 is 10.8 Å². The van der Waals surface area contributed by atoms with E-state index in [4.69, 9.17) is 16.3 Å². The molecule has 0 spiro atoms. The average Bonchev–Trinajstić information content (AvgIpc) is 3.41. The van der Waals surface area contributed by atoms with Crippen molar-refractivity contribution < 1.29 is 30.0 Å². The van der Waals surface area contributed by atoms with E-state index in [1.54, 1.807) is 5.38 Å². The van der Waals surface area contributed by atoms with Crippen molar-refractivity contribution in [3.8, 4) is 11.4 Å². The molecule has 0 bridgehead atoms. The van der Waals surface area contributed by atoms with Gasteiger partial charge < -0.3 is 35.5 Å². The highest BCUT2D eigenvalue weighted by atomic mass is 35.5. The van der Waals surface area contributed by atoms with Gasteiger partial charge in [0, 0.05) is 11.6 Å². The second-order valence-corrected chi connectivity index (χ2v) is 9.63. The lowest BCUT2D eigenvalue weighted by Crippen LogP contribution is -2.57. The Bertz CT molecular complexity index is 1120. The molecule has 2 aliphatic rings. The lowest BCUT2D eigenvalue weighted by molar-refractivity contribution is -0.179. The molecule has 4 rings (SSSR count). The molecule has 1 fully saturated rings. The third kappa shape index (κ3) is 4.22. The van der Waals surface area contributed by atoms with Crippen LogP contribution in [0.1, 0.15) is 6.04 Å². The van der Waals surface area contributed by atoms with Gasteiger partial charge in [-0.25, -0.2) is 9.48 Å². The lowest BCUT2D eigenvalue weighted by atomic mass is 9.97. The number of carboxylic acid groups (broad SMARTS) is 1. The van der Waals surface area contributed by atoms with Crippen molar-refractivity contribution in [3.63, 3.8) is 0 Å². The fourth-order valence-electron chi connectivity index (χ4n) is 3.34. The number of hydrogen-bond acceptors (Lipinski definition) is 11. The first-order valence-corrected chi connectivity index (χ1v) is 11.3. The Morgan fingerprint density at radius 2 is 2.19 bits per heavy atom. The van der Waals surface area contributed by atoms with Crippen molar-refractivity contribution in [3.05, 3.63) is 44.6 Å². The molecule has 0 aliphatic carbocycles. The summed E-state index contributed by atoms with van der Waals surface area (Å²) in [5.41, 5.74) is -0.470. The molecule has 1 unspecified atom stereocenters. The molecule has 172 valence electrons. The zero-order chi connectivity index (χ0) is 23.0. The molecule has 0 saturated carbocycles. The van der Waals surface area contributed by atoms with Gasteiger partial charge in [0.1, 0.15) is 35.5 Å². The first-order chi connectivity index (χ1) is 15.2. The molecular formula is C17H18ClN5O7S2. The second kappa shape index (κ2) is 8.97. The van der Waals surface area contributed by atoms with Crippen LogP contribution in [0.4, 0.5) is 0 Å². The summed E-state index contributed by atoms with van der Waals surface area (Å²) in [7, 11) is 0. The van der Waals surface area contributed by atoms with Gasteiger partial charge in [-0.05, 0) is 12.2 Å². The fraction of sp³-hybridized carbons (Fsp3) is 0.412. The number of carbonyl (C=O) groups is 1. The first kappa shape index (κ1) is 23.0. The summed E-state index contributed by atoms with van der Waals surface area (Å²) in [5.74, 6) is -1.26. The molecule has 2 aliphatic heterocycles. The molecule has 4 heterocycles. The van der Waals surface area contributed by atoms with E-state index in [9.17, 15) is 30.0 Å². The Morgan fingerprint density at radius 3 is 2.78 bits per heavy atom. The summed E-state index contributed by atoms with van der Waals surface area (Å²) in [6, 6.07) is -1.12. The number of H-pyrrole nitrogens is 1. The molecular weight excluding hydrogens is 486 g/mol. The number of aromatic nitrogens is 4. The highest BCUT2D eigenvalue weighted by Gasteiger charge is 2.51. The number of carboxylic acids is 1. The van der Waals surface area contributed by atoms with Crippen molar-refractivity contribution in [1.29, 1.82) is 0 Å². The molecule has 6 atom stereocenters. The third-order valence-electron chi connectivity index (χ3n) is 4.98. The molecule has 2 aromatic rings. The van der Waals surface area contributed by atoms with Gasteiger partial charge in [-0.2, -0.15) is 0 Å². The van der Waals surface area contributed by atoms with Gasteiger partial charge in [0.15, 0.2) is 0 Å². The van der Waals surface area contributed by atoms with Crippen LogP contribution >= 0.6 is 34.7 Å². The van der Waals surface area contributed by atoms with Crippen LogP contribution < -0.4 is 10.2 Å². The van der Waals surface area contributed by atoms with E-state index in [0.717, 1.165) is 23.1 Å². The summed E-state index contributed by atoms with van der Waals surface area (Å²) >= 11 is 7.54. The van der Waals surface area contributed by atoms with E-state index in [1.807, 2.05) is 0 Å². The standard InChI is InChI=1S/C17H18ClN5O7S2/c18-7-1-2-17(15(27)28,19-3-7)32-14-13(26)11(12(25)10(5-24)30-14)23-4-8(21-22-23)9-6-31-16(29)20-9/h1-4,6,10-14,19,24-26H,5H2,(H,20,29)(H,27,28)/t10-,11+,12+,13-,14-,17?/m1/s1. The number of nitrogens with one attached hydrogen (secondary N) is 2. The zero-order valence-corrected chi connectivity index (χ0v) is 18.4. The third-order valence-corrected chi connectivity index (χ3v) is 7.31. The number of thiazole rings is 1. The Kier molecular flexibility index (Phi) is 6.44. The van der Waals surface area contributed by atoms with Gasteiger partial charge in [0.05, 0.1) is 23.5 Å². The average molecular weight is 504 g/mol. The Labute approximate surface area is 193 Å². The van der Waals surface area contributed by atoms with Crippen LogP contribution in [-0.4, -0.2) is 81.6 Å². The number of thioether (sulfide) groups is 1. The molecule has 2 aromatic heterocycles. The van der Waals surface area contributed by atoms with Crippen molar-refractivity contribution >= 4 is 40.7 Å². The van der Waals surface area contributed by atoms with Crippen molar-refractivity contribution in [2.75, 3.05) is 6.61 Å². The van der Waals surface area contributed by atoms with E-state index < -0.39 is 47.2 Å². The maximum absolute atomic E-state index is 12.0. The van der Waals surface area contributed by atoms with Crippen LogP contribution in [-0.2, 0) is 9.53 Å². The number of hydrogen-bond donors (Lipinski definition) is 6. The van der Waals surface area contributed by atoms with Gasteiger partial charge in [0.25, 0.3) is 0 Å².